The Labute approximate surface area is 548 Å². The SMILES string of the molecule is C.CC(C)(C)c1ccc([I+]c2ccc(C(C)(C)C)cc2)cc1.CC(C)(C)c1ccc([I+]c2ccc(C(C)(C)C)cc2)cc1.CC(F)(F)C(=O)OC12CC3CC(C1)C(=O)C(C3)C2.O=C(OC12CC3CC(C1)C(=O)C(C3)C2)[C-](F)F.O=S(=O)=O.[Cl-].[Na+]. The molecule has 9 nitrogen and oxygen atoms in total. The molecule has 8 aliphatic rings. The van der Waals surface area contributed by atoms with Crippen molar-refractivity contribution < 1.29 is 143 Å². The number of Topliss-reactive ketones (excluding diaryl/α,β-unsaturated/α-hetero) is 2. The zero-order chi connectivity index (χ0) is 60.3. The van der Waals surface area contributed by atoms with Crippen LogP contribution in [0.4, 0.5) is 17.6 Å². The van der Waals surface area contributed by atoms with Crippen molar-refractivity contribution in [3.05, 3.63) is 140 Å². The maximum Gasteiger partial charge on any atom is 1.00 e. The number of ketones is 2. The minimum Gasteiger partial charge on any atom is -1.00 e. The van der Waals surface area contributed by atoms with Gasteiger partial charge in [-0.2, -0.15) is 8.78 Å². The van der Waals surface area contributed by atoms with Gasteiger partial charge in [0.25, 0.3) is 0 Å². The Kier molecular flexibility index (Phi) is 27.0. The van der Waals surface area contributed by atoms with E-state index >= 15 is 0 Å². The summed E-state index contributed by atoms with van der Waals surface area (Å²) < 4.78 is 91.6. The average molecular weight is 1440 g/mol. The smallest absolute Gasteiger partial charge is 1.00 e. The maximum absolute atomic E-state index is 12.9. The Hall–Kier alpha value is -2.88. The molecule has 8 aliphatic carbocycles. The predicted molar refractivity (Wildman–Crippen MR) is 303 cm³/mol. The van der Waals surface area contributed by atoms with E-state index in [2.05, 4.69) is 180 Å². The van der Waals surface area contributed by atoms with Crippen LogP contribution in [0, 0.1) is 56.2 Å². The Morgan fingerprint density at radius 2 is 0.702 bits per heavy atom. The Balaban J connectivity index is 0.000000284. The molecular formula is C66H85ClF4I2NaO9S+. The first-order valence-electron chi connectivity index (χ1n) is 27.9. The molecule has 0 amide bonds. The fourth-order valence-electron chi connectivity index (χ4n) is 12.4. The van der Waals surface area contributed by atoms with E-state index in [0.29, 0.717) is 57.3 Å². The van der Waals surface area contributed by atoms with E-state index in [0.717, 1.165) is 25.7 Å². The Bertz CT molecular complexity index is 2700. The molecule has 12 rings (SSSR count). The van der Waals surface area contributed by atoms with E-state index in [1.165, 1.54) is 36.5 Å². The van der Waals surface area contributed by atoms with Gasteiger partial charge < -0.3 is 30.7 Å². The number of esters is 2. The van der Waals surface area contributed by atoms with Gasteiger partial charge in [0.1, 0.15) is 22.8 Å². The second-order valence-corrected chi connectivity index (χ2v) is 33.7. The summed E-state index contributed by atoms with van der Waals surface area (Å²) in [6, 6.07) is 36.8. The van der Waals surface area contributed by atoms with Gasteiger partial charge in [0, 0.05) is 37.0 Å². The first kappa shape index (κ1) is 75.4. The van der Waals surface area contributed by atoms with Gasteiger partial charge in [-0.25, -0.2) is 4.79 Å². The monoisotopic (exact) mass is 1440 g/mol. The second kappa shape index (κ2) is 30.1. The summed E-state index contributed by atoms with van der Waals surface area (Å²) in [5.41, 5.74) is 5.05. The first-order valence-corrected chi connectivity index (χ1v) is 33.2. The zero-order valence-electron chi connectivity index (χ0n) is 50.5. The molecule has 0 heterocycles. The number of carbonyl (C=O) groups excluding carboxylic acids is 4. The molecule has 8 saturated carbocycles. The van der Waals surface area contributed by atoms with Gasteiger partial charge in [0.2, 0.25) is 5.97 Å². The molecule has 4 aromatic rings. The molecule has 4 aromatic carbocycles. The topological polar surface area (TPSA) is 138 Å². The molecule has 0 spiro atoms. The summed E-state index contributed by atoms with van der Waals surface area (Å²) in [6.07, 6.45) is 4.15. The summed E-state index contributed by atoms with van der Waals surface area (Å²) in [4.78, 5) is 46.1. The van der Waals surface area contributed by atoms with E-state index in [1.807, 2.05) is 0 Å². The van der Waals surface area contributed by atoms with Crippen molar-refractivity contribution >= 4 is 34.1 Å². The third-order valence-corrected chi connectivity index (χ3v) is 21.7. The van der Waals surface area contributed by atoms with Gasteiger partial charge in [-0.15, -0.1) is 12.6 Å². The first-order chi connectivity index (χ1) is 37.3. The van der Waals surface area contributed by atoms with Crippen LogP contribution in [0.3, 0.4) is 0 Å². The molecule has 0 aliphatic heterocycles. The van der Waals surface area contributed by atoms with Gasteiger partial charge in [0.05, 0.1) is 0 Å². The molecule has 0 radical (unpaired) electrons. The van der Waals surface area contributed by atoms with Gasteiger partial charge in [-0.05, 0) is 168 Å². The van der Waals surface area contributed by atoms with Crippen molar-refractivity contribution in [1.82, 2.24) is 0 Å². The molecule has 8 fully saturated rings. The molecule has 0 aromatic heterocycles. The molecular weight excluding hydrogens is 1360 g/mol. The minimum absolute atomic E-state index is 0. The molecule has 4 unspecified atom stereocenters. The standard InChI is InChI=1S/2C20H26I.C13H16F2O3.C12H13F2O3.CH4.ClH.Na.O3S/c2*1-19(2,3)15-7-11-17(12-8-15)21-18-13-9-16(10-14-18)20(4,5)6;1-12(14,15)11(17)18-13-4-7-2-8(5-13)10(16)9(3-7)6-13;13-10(14)11(16)17-12-3-6-1-7(4-12)9(15)8(2-6)5-12;;;;1-4(2)3/h2*7-14H,1-6H3;7-9H,2-6H2,1H3;6-8H,1-5H2;1H4;1H;;/q2*+1;;-1;;;+1;/p-1. The van der Waals surface area contributed by atoms with Gasteiger partial charge in [-0.3, -0.25) is 14.4 Å². The fraction of sp³-hybridized carbons (Fsp3) is 0.561. The second-order valence-electron chi connectivity index (χ2n) is 27.2. The van der Waals surface area contributed by atoms with Gasteiger partial charge >= 0.3 is 94.5 Å². The minimum atomic E-state index is -3.45. The average Bonchev–Trinajstić information content (AvgIpc) is 1.20. The largest absolute Gasteiger partial charge is 1.00 e. The van der Waals surface area contributed by atoms with Crippen molar-refractivity contribution in [2.75, 3.05) is 0 Å². The van der Waals surface area contributed by atoms with Crippen LogP contribution >= 0.6 is 0 Å². The number of hydrogen-bond donors (Lipinski definition) is 0. The van der Waals surface area contributed by atoms with Crippen molar-refractivity contribution in [3.63, 3.8) is 0 Å². The summed E-state index contributed by atoms with van der Waals surface area (Å²) in [7, 11) is -3.11. The third kappa shape index (κ3) is 21.1. The van der Waals surface area contributed by atoms with Crippen molar-refractivity contribution in [3.8, 4) is 0 Å². The Morgan fingerprint density at radius 1 is 0.476 bits per heavy atom. The van der Waals surface area contributed by atoms with Gasteiger partial charge in [-0.1, -0.05) is 139 Å². The molecule has 0 saturated heterocycles. The zero-order valence-corrected chi connectivity index (χ0v) is 58.4. The van der Waals surface area contributed by atoms with Crippen LogP contribution in [0.25, 0.3) is 0 Å². The summed E-state index contributed by atoms with van der Waals surface area (Å²) in [5.74, 6) is -5.49. The van der Waals surface area contributed by atoms with E-state index in [-0.39, 0.29) is 149 Å². The number of alkyl halides is 2. The number of halogens is 7. The van der Waals surface area contributed by atoms with E-state index in [9.17, 15) is 36.7 Å². The summed E-state index contributed by atoms with van der Waals surface area (Å²) in [6.45, 7) is 27.8. The normalized spacial score (nSPS) is 24.2. The van der Waals surface area contributed by atoms with E-state index in [4.69, 9.17) is 22.1 Å². The molecule has 4 atom stereocenters. The molecule has 8 bridgehead atoms. The summed E-state index contributed by atoms with van der Waals surface area (Å²) in [5, 5.41) is 0. The third-order valence-electron chi connectivity index (χ3n) is 16.3. The fourth-order valence-corrected chi connectivity index (χ4v) is 16.7. The molecule has 0 N–H and O–H groups in total. The van der Waals surface area contributed by atoms with Crippen LogP contribution in [-0.4, -0.2) is 53.3 Å². The van der Waals surface area contributed by atoms with E-state index < -0.39 is 46.1 Å². The van der Waals surface area contributed by atoms with Crippen molar-refractivity contribution in [2.24, 2.45) is 35.5 Å². The van der Waals surface area contributed by atoms with Crippen LogP contribution in [0.2, 0.25) is 0 Å². The maximum atomic E-state index is 12.9. The number of hydrogen-bond acceptors (Lipinski definition) is 9. The number of rotatable bonds is 8. The number of ether oxygens (including phenoxy) is 2. The predicted octanol–water partition coefficient (Wildman–Crippen LogP) is 2.90. The van der Waals surface area contributed by atoms with Crippen LogP contribution < -0.4 is 84.4 Å². The quantitative estimate of drug-likeness (QED) is 0.0859. The molecule has 458 valence electrons. The van der Waals surface area contributed by atoms with Crippen molar-refractivity contribution in [2.45, 2.75) is 200 Å². The van der Waals surface area contributed by atoms with Crippen LogP contribution in [0.15, 0.2) is 97.1 Å². The van der Waals surface area contributed by atoms with Crippen LogP contribution in [0.1, 0.15) is 184 Å². The van der Waals surface area contributed by atoms with E-state index in [1.54, 1.807) is 0 Å². The molecule has 84 heavy (non-hydrogen) atoms. The van der Waals surface area contributed by atoms with Gasteiger partial charge in [0.15, 0.2) is 14.3 Å². The van der Waals surface area contributed by atoms with Crippen molar-refractivity contribution in [1.29, 1.82) is 0 Å². The van der Waals surface area contributed by atoms with Crippen LogP contribution in [-0.2, 0) is 60.9 Å². The number of carbonyl (C=O) groups is 4. The van der Waals surface area contributed by atoms with Crippen LogP contribution in [0.5, 0.6) is 0 Å². The Morgan fingerprint density at radius 3 is 0.905 bits per heavy atom. The molecule has 18 heteroatoms. The summed E-state index contributed by atoms with van der Waals surface area (Å²) >= 11 is -0.141. The number of benzene rings is 4.